The molecule has 1 heterocycles. The van der Waals surface area contributed by atoms with E-state index in [-0.39, 0.29) is 17.9 Å². The van der Waals surface area contributed by atoms with Gasteiger partial charge in [-0.05, 0) is 17.9 Å². The quantitative estimate of drug-likeness (QED) is 0.874. The highest BCUT2D eigenvalue weighted by molar-refractivity contribution is 6.33. The minimum atomic E-state index is -0.183. The van der Waals surface area contributed by atoms with Crippen LogP contribution in [-0.2, 0) is 4.79 Å². The van der Waals surface area contributed by atoms with Crippen LogP contribution in [0.1, 0.15) is 26.7 Å². The highest BCUT2D eigenvalue weighted by Crippen LogP contribution is 2.37. The number of anilines is 2. The molecule has 0 fully saturated rings. The van der Waals surface area contributed by atoms with Crippen molar-refractivity contribution in [2.24, 2.45) is 5.41 Å². The molecular weight excluding hydrogens is 290 g/mol. The van der Waals surface area contributed by atoms with E-state index in [2.05, 4.69) is 30.6 Å². The molecule has 0 saturated heterocycles. The Labute approximate surface area is 129 Å². The molecule has 0 bridgehead atoms. The Morgan fingerprint density at radius 3 is 3.00 bits per heavy atom. The number of ether oxygens (including phenoxy) is 1. The summed E-state index contributed by atoms with van der Waals surface area (Å²) in [6.07, 6.45) is 1.34. The number of fused-ring (bicyclic) bond motifs is 1. The molecule has 1 aliphatic rings. The SMILES string of the molecule is CC(C)(CCC#N)CNc1cc2c(cc1Cl)NC(=O)CO2. The molecular formula is C15H18ClN3O2. The van der Waals surface area contributed by atoms with Gasteiger partial charge in [0.05, 0.1) is 22.5 Å². The van der Waals surface area contributed by atoms with Gasteiger partial charge in [-0.3, -0.25) is 4.79 Å². The van der Waals surface area contributed by atoms with E-state index in [4.69, 9.17) is 21.6 Å². The van der Waals surface area contributed by atoms with E-state index in [0.29, 0.717) is 29.4 Å². The van der Waals surface area contributed by atoms with Gasteiger partial charge in [0.2, 0.25) is 0 Å². The lowest BCUT2D eigenvalue weighted by molar-refractivity contribution is -0.118. The van der Waals surface area contributed by atoms with E-state index in [0.717, 1.165) is 12.1 Å². The number of nitrogens with one attached hydrogen (secondary N) is 2. The predicted molar refractivity (Wildman–Crippen MR) is 82.7 cm³/mol. The summed E-state index contributed by atoms with van der Waals surface area (Å²) in [6.45, 7) is 4.90. The molecule has 0 atom stereocenters. The molecule has 2 rings (SSSR count). The number of nitrogens with zero attached hydrogens (tertiary/aromatic N) is 1. The molecule has 0 radical (unpaired) electrons. The standard InChI is InChI=1S/C15H18ClN3O2/c1-15(2,4-3-5-17)9-18-11-7-13-12(6-10(11)16)19-14(20)8-21-13/h6-7,18H,3-4,8-9H2,1-2H3,(H,19,20). The van der Waals surface area contributed by atoms with Crippen molar-refractivity contribution >= 4 is 28.9 Å². The molecule has 5 nitrogen and oxygen atoms in total. The highest BCUT2D eigenvalue weighted by atomic mass is 35.5. The zero-order valence-corrected chi connectivity index (χ0v) is 12.9. The van der Waals surface area contributed by atoms with Crippen LogP contribution in [0.3, 0.4) is 0 Å². The fourth-order valence-corrected chi connectivity index (χ4v) is 2.28. The lowest BCUT2D eigenvalue weighted by Crippen LogP contribution is -2.26. The number of carbonyl (C=O) groups is 1. The van der Waals surface area contributed by atoms with Gasteiger partial charge in [0.15, 0.2) is 6.61 Å². The molecule has 1 amide bonds. The van der Waals surface area contributed by atoms with Crippen LogP contribution < -0.4 is 15.4 Å². The first-order chi connectivity index (χ1) is 9.91. The van der Waals surface area contributed by atoms with Gasteiger partial charge in [0.25, 0.3) is 5.91 Å². The second-order valence-electron chi connectivity index (χ2n) is 5.84. The second-order valence-corrected chi connectivity index (χ2v) is 6.25. The van der Waals surface area contributed by atoms with E-state index < -0.39 is 0 Å². The first kappa shape index (κ1) is 15.5. The van der Waals surface area contributed by atoms with E-state index in [1.165, 1.54) is 0 Å². The average Bonchev–Trinajstić information content (AvgIpc) is 2.43. The van der Waals surface area contributed by atoms with Crippen molar-refractivity contribution in [3.63, 3.8) is 0 Å². The van der Waals surface area contributed by atoms with Gasteiger partial charge in [0, 0.05) is 19.0 Å². The van der Waals surface area contributed by atoms with Gasteiger partial charge >= 0.3 is 0 Å². The molecule has 112 valence electrons. The Morgan fingerprint density at radius 1 is 1.52 bits per heavy atom. The third-order valence-electron chi connectivity index (χ3n) is 3.37. The second kappa shape index (κ2) is 6.23. The predicted octanol–water partition coefficient (Wildman–Crippen LogP) is 3.41. The van der Waals surface area contributed by atoms with Crippen molar-refractivity contribution in [2.75, 3.05) is 23.8 Å². The smallest absolute Gasteiger partial charge is 0.262 e. The lowest BCUT2D eigenvalue weighted by atomic mass is 9.88. The third kappa shape index (κ3) is 4.02. The summed E-state index contributed by atoms with van der Waals surface area (Å²) < 4.78 is 5.37. The van der Waals surface area contributed by atoms with E-state index >= 15 is 0 Å². The van der Waals surface area contributed by atoms with Crippen LogP contribution in [0.4, 0.5) is 11.4 Å². The van der Waals surface area contributed by atoms with Crippen LogP contribution in [0.15, 0.2) is 12.1 Å². The summed E-state index contributed by atoms with van der Waals surface area (Å²) in [5.41, 5.74) is 1.34. The minimum Gasteiger partial charge on any atom is -0.482 e. The van der Waals surface area contributed by atoms with E-state index in [1.807, 2.05) is 0 Å². The molecule has 6 heteroatoms. The first-order valence-electron chi connectivity index (χ1n) is 6.78. The molecule has 0 aliphatic carbocycles. The Bertz CT molecular complexity index is 593. The topological polar surface area (TPSA) is 74.2 Å². The molecule has 1 aromatic carbocycles. The summed E-state index contributed by atoms with van der Waals surface area (Å²) in [5, 5.41) is 15.2. The van der Waals surface area contributed by atoms with Crippen molar-refractivity contribution in [2.45, 2.75) is 26.7 Å². The maximum absolute atomic E-state index is 11.3. The number of benzene rings is 1. The molecule has 0 aromatic heterocycles. The number of hydrogen-bond donors (Lipinski definition) is 2. The monoisotopic (exact) mass is 307 g/mol. The van der Waals surface area contributed by atoms with Crippen molar-refractivity contribution in [1.29, 1.82) is 5.26 Å². The number of halogens is 1. The highest BCUT2D eigenvalue weighted by Gasteiger charge is 2.20. The van der Waals surface area contributed by atoms with Gasteiger partial charge in [-0.1, -0.05) is 25.4 Å². The van der Waals surface area contributed by atoms with Gasteiger partial charge < -0.3 is 15.4 Å². The molecule has 1 aliphatic heterocycles. The summed E-state index contributed by atoms with van der Waals surface area (Å²) in [6, 6.07) is 5.63. The number of rotatable bonds is 5. The van der Waals surface area contributed by atoms with Crippen molar-refractivity contribution in [3.8, 4) is 11.8 Å². The summed E-state index contributed by atoms with van der Waals surface area (Å²) in [4.78, 5) is 11.3. The fourth-order valence-electron chi connectivity index (χ4n) is 2.05. The zero-order chi connectivity index (χ0) is 15.5. The van der Waals surface area contributed by atoms with E-state index in [1.54, 1.807) is 12.1 Å². The fraction of sp³-hybridized carbons (Fsp3) is 0.467. The van der Waals surface area contributed by atoms with Gasteiger partial charge in [-0.2, -0.15) is 5.26 Å². The first-order valence-corrected chi connectivity index (χ1v) is 7.16. The molecule has 0 spiro atoms. The van der Waals surface area contributed by atoms with Crippen LogP contribution in [0.2, 0.25) is 5.02 Å². The summed E-state index contributed by atoms with van der Waals surface area (Å²) in [5.74, 6) is 0.424. The van der Waals surface area contributed by atoms with Crippen LogP contribution in [0.5, 0.6) is 5.75 Å². The molecule has 0 saturated carbocycles. The van der Waals surface area contributed by atoms with Gasteiger partial charge in [-0.15, -0.1) is 0 Å². The summed E-state index contributed by atoms with van der Waals surface area (Å²) in [7, 11) is 0. The zero-order valence-electron chi connectivity index (χ0n) is 12.1. The van der Waals surface area contributed by atoms with Crippen LogP contribution in [0, 0.1) is 16.7 Å². The Hall–Kier alpha value is -1.93. The third-order valence-corrected chi connectivity index (χ3v) is 3.69. The largest absolute Gasteiger partial charge is 0.482 e. The average molecular weight is 308 g/mol. The maximum atomic E-state index is 11.3. The molecule has 21 heavy (non-hydrogen) atoms. The minimum absolute atomic E-state index is 0.00989. The maximum Gasteiger partial charge on any atom is 0.262 e. The van der Waals surface area contributed by atoms with E-state index in [9.17, 15) is 4.79 Å². The Balaban J connectivity index is 2.08. The normalized spacial score (nSPS) is 13.7. The summed E-state index contributed by atoms with van der Waals surface area (Å²) >= 11 is 6.22. The molecule has 2 N–H and O–H groups in total. The Kier molecular flexibility index (Phi) is 4.59. The van der Waals surface area contributed by atoms with Crippen LogP contribution in [0.25, 0.3) is 0 Å². The number of carbonyl (C=O) groups excluding carboxylic acids is 1. The number of hydrogen-bond acceptors (Lipinski definition) is 4. The molecule has 0 unspecified atom stereocenters. The molecule has 1 aromatic rings. The van der Waals surface area contributed by atoms with Crippen molar-refractivity contribution in [3.05, 3.63) is 17.2 Å². The number of amides is 1. The number of nitriles is 1. The van der Waals surface area contributed by atoms with Crippen molar-refractivity contribution < 1.29 is 9.53 Å². The lowest BCUT2D eigenvalue weighted by Gasteiger charge is -2.26. The van der Waals surface area contributed by atoms with Crippen LogP contribution in [-0.4, -0.2) is 19.1 Å². The van der Waals surface area contributed by atoms with Crippen molar-refractivity contribution in [1.82, 2.24) is 0 Å². The Morgan fingerprint density at radius 2 is 2.29 bits per heavy atom. The van der Waals surface area contributed by atoms with Gasteiger partial charge in [-0.25, -0.2) is 0 Å². The van der Waals surface area contributed by atoms with Gasteiger partial charge in [0.1, 0.15) is 5.75 Å². The van der Waals surface area contributed by atoms with Crippen LogP contribution >= 0.6 is 11.6 Å².